The molecular weight excluding hydrogens is 352 g/mol. The van der Waals surface area contributed by atoms with E-state index in [9.17, 15) is 0 Å². The van der Waals surface area contributed by atoms with Crippen molar-refractivity contribution >= 4 is 19.1 Å². The summed E-state index contributed by atoms with van der Waals surface area (Å²) in [5, 5.41) is 5.72. The monoisotopic (exact) mass is 384 g/mol. The summed E-state index contributed by atoms with van der Waals surface area (Å²) in [5.41, 5.74) is 3.29. The second kappa shape index (κ2) is 8.40. The maximum atomic E-state index is 5.91. The van der Waals surface area contributed by atoms with E-state index in [-0.39, 0.29) is 0 Å². The highest BCUT2D eigenvalue weighted by atomic mass is 28.3. The van der Waals surface area contributed by atoms with Gasteiger partial charge in [-0.05, 0) is 37.1 Å². The molecule has 0 spiro atoms. The zero-order valence-corrected chi connectivity index (χ0v) is 18.3. The zero-order chi connectivity index (χ0) is 19.4. The number of ether oxygens (including phenoxy) is 1. The lowest BCUT2D eigenvalue weighted by molar-refractivity contribution is 0.0899. The predicted octanol–water partition coefficient (Wildman–Crippen LogP) is 5.57. The summed E-state index contributed by atoms with van der Waals surface area (Å²) in [5.74, 6) is 0. The Morgan fingerprint density at radius 1 is 1.22 bits per heavy atom. The van der Waals surface area contributed by atoms with E-state index in [0.29, 0.717) is 12.8 Å². The second-order valence-corrected chi connectivity index (χ2v) is 14.2. The first-order chi connectivity index (χ1) is 12.9. The van der Waals surface area contributed by atoms with Crippen molar-refractivity contribution in [2.75, 3.05) is 6.61 Å². The molecule has 0 bridgehead atoms. The molecule has 0 N–H and O–H groups in total. The predicted molar refractivity (Wildman–Crippen MR) is 115 cm³/mol. The van der Waals surface area contributed by atoms with E-state index in [1.54, 1.807) is 0 Å². The smallest absolute Gasteiger partial charge is 0.142 e. The molecule has 0 aromatic carbocycles. The molecule has 0 radical (unpaired) electrons. The minimum Gasteiger partial charge on any atom is -0.361 e. The average Bonchev–Trinajstić information content (AvgIpc) is 3.25. The Labute approximate surface area is 163 Å². The number of nitrogens with zero attached hydrogens (tertiary/aromatic N) is 4. The lowest BCUT2D eigenvalue weighted by Crippen LogP contribution is -2.22. The maximum absolute atomic E-state index is 5.91. The van der Waals surface area contributed by atoms with Crippen molar-refractivity contribution in [3.63, 3.8) is 0 Å². The standard InChI is InChI=1S/C21H32N4OSi/c1-6-7-17(2)25-15-18(14-23-25)19-8-10-22-21-20(19)9-11-24(21)16-26-12-13-27(3,4)5/h8-11,14-15,17H,6-7,12-13,16H2,1-5H3. The summed E-state index contributed by atoms with van der Waals surface area (Å²) >= 11 is 0. The van der Waals surface area contributed by atoms with Crippen molar-refractivity contribution in [2.24, 2.45) is 0 Å². The molecule has 0 aliphatic rings. The average molecular weight is 385 g/mol. The number of fused-ring (bicyclic) bond motifs is 1. The highest BCUT2D eigenvalue weighted by molar-refractivity contribution is 6.76. The van der Waals surface area contributed by atoms with Gasteiger partial charge in [-0.2, -0.15) is 5.10 Å². The van der Waals surface area contributed by atoms with E-state index >= 15 is 0 Å². The maximum Gasteiger partial charge on any atom is 0.142 e. The van der Waals surface area contributed by atoms with E-state index in [0.717, 1.165) is 36.0 Å². The van der Waals surface area contributed by atoms with Crippen molar-refractivity contribution < 1.29 is 4.74 Å². The topological polar surface area (TPSA) is 44.9 Å². The van der Waals surface area contributed by atoms with Gasteiger partial charge in [-0.15, -0.1) is 0 Å². The molecular formula is C21H32N4OSi. The number of hydrogen-bond acceptors (Lipinski definition) is 3. The molecule has 146 valence electrons. The zero-order valence-electron chi connectivity index (χ0n) is 17.3. The highest BCUT2D eigenvalue weighted by Gasteiger charge is 2.14. The summed E-state index contributed by atoms with van der Waals surface area (Å²) in [6.07, 6.45) is 10.4. The molecule has 3 aromatic rings. The summed E-state index contributed by atoms with van der Waals surface area (Å²) in [7, 11) is -1.06. The lowest BCUT2D eigenvalue weighted by Gasteiger charge is -2.15. The van der Waals surface area contributed by atoms with Crippen LogP contribution in [0.25, 0.3) is 22.2 Å². The van der Waals surface area contributed by atoms with Crippen LogP contribution in [0.5, 0.6) is 0 Å². The quantitative estimate of drug-likeness (QED) is 0.358. The van der Waals surface area contributed by atoms with Gasteiger partial charge in [0, 0.05) is 50.3 Å². The van der Waals surface area contributed by atoms with Gasteiger partial charge in [-0.3, -0.25) is 4.68 Å². The SMILES string of the molecule is CCCC(C)n1cc(-c2ccnc3c2ccn3COCC[Si](C)(C)C)cn1. The largest absolute Gasteiger partial charge is 0.361 e. The van der Waals surface area contributed by atoms with Gasteiger partial charge >= 0.3 is 0 Å². The molecule has 0 amide bonds. The Morgan fingerprint density at radius 2 is 2.04 bits per heavy atom. The van der Waals surface area contributed by atoms with Crippen molar-refractivity contribution in [2.45, 2.75) is 65.1 Å². The van der Waals surface area contributed by atoms with E-state index in [2.05, 4.69) is 77.3 Å². The second-order valence-electron chi connectivity index (χ2n) is 8.58. The van der Waals surface area contributed by atoms with Crippen LogP contribution >= 0.6 is 0 Å². The molecule has 0 saturated heterocycles. The van der Waals surface area contributed by atoms with E-state index < -0.39 is 8.07 Å². The van der Waals surface area contributed by atoms with Crippen LogP contribution in [0.15, 0.2) is 36.9 Å². The molecule has 0 aliphatic heterocycles. The number of aromatic nitrogens is 4. The number of hydrogen-bond donors (Lipinski definition) is 0. The van der Waals surface area contributed by atoms with Gasteiger partial charge in [-0.1, -0.05) is 33.0 Å². The third-order valence-corrected chi connectivity index (χ3v) is 6.66. The first-order valence-electron chi connectivity index (χ1n) is 9.95. The van der Waals surface area contributed by atoms with Gasteiger partial charge in [0.2, 0.25) is 0 Å². The van der Waals surface area contributed by atoms with Gasteiger partial charge in [0.05, 0.1) is 6.20 Å². The summed E-state index contributed by atoms with van der Waals surface area (Å²) in [4.78, 5) is 4.59. The van der Waals surface area contributed by atoms with Crippen LogP contribution in [0, 0.1) is 0 Å². The minimum absolute atomic E-state index is 0.422. The number of rotatable bonds is 9. The normalized spacial score (nSPS) is 13.4. The first-order valence-corrected chi connectivity index (χ1v) is 13.7. The van der Waals surface area contributed by atoms with Crippen LogP contribution in [0.3, 0.4) is 0 Å². The Kier molecular flexibility index (Phi) is 6.17. The molecule has 6 heteroatoms. The molecule has 27 heavy (non-hydrogen) atoms. The van der Waals surface area contributed by atoms with Crippen LogP contribution in [-0.2, 0) is 11.5 Å². The Balaban J connectivity index is 1.77. The fraction of sp³-hybridized carbons (Fsp3) is 0.524. The fourth-order valence-electron chi connectivity index (χ4n) is 3.26. The Hall–Kier alpha value is -1.92. The third kappa shape index (κ3) is 4.87. The molecule has 1 unspecified atom stereocenters. The van der Waals surface area contributed by atoms with Crippen molar-refractivity contribution in [3.8, 4) is 11.1 Å². The lowest BCUT2D eigenvalue weighted by atomic mass is 10.1. The van der Waals surface area contributed by atoms with E-state index in [1.807, 2.05) is 12.4 Å². The Bertz CT molecular complexity index is 878. The van der Waals surface area contributed by atoms with Crippen LogP contribution in [0.1, 0.15) is 32.7 Å². The van der Waals surface area contributed by atoms with Gasteiger partial charge < -0.3 is 9.30 Å². The van der Waals surface area contributed by atoms with E-state index in [4.69, 9.17) is 4.74 Å². The minimum atomic E-state index is -1.06. The molecule has 3 aromatic heterocycles. The highest BCUT2D eigenvalue weighted by Crippen LogP contribution is 2.29. The molecule has 5 nitrogen and oxygen atoms in total. The van der Waals surface area contributed by atoms with Gasteiger partial charge in [-0.25, -0.2) is 4.98 Å². The molecule has 0 aliphatic carbocycles. The summed E-state index contributed by atoms with van der Waals surface area (Å²) in [6, 6.07) is 5.81. The molecule has 3 rings (SSSR count). The third-order valence-electron chi connectivity index (χ3n) is 4.96. The van der Waals surface area contributed by atoms with Crippen molar-refractivity contribution in [1.29, 1.82) is 0 Å². The number of pyridine rings is 1. The van der Waals surface area contributed by atoms with Crippen LogP contribution in [0.4, 0.5) is 0 Å². The molecule has 1 atom stereocenters. The van der Waals surface area contributed by atoms with Gasteiger partial charge in [0.1, 0.15) is 12.4 Å². The summed E-state index contributed by atoms with van der Waals surface area (Å²) in [6.45, 7) is 12.9. The molecule has 3 heterocycles. The van der Waals surface area contributed by atoms with Crippen LogP contribution < -0.4 is 0 Å². The van der Waals surface area contributed by atoms with Gasteiger partial charge in [0.25, 0.3) is 0 Å². The summed E-state index contributed by atoms with van der Waals surface area (Å²) < 4.78 is 10.1. The first kappa shape index (κ1) is 19.8. The fourth-order valence-corrected chi connectivity index (χ4v) is 4.01. The Morgan fingerprint density at radius 3 is 2.78 bits per heavy atom. The van der Waals surface area contributed by atoms with E-state index in [1.165, 1.54) is 11.6 Å². The molecule has 0 fully saturated rings. The van der Waals surface area contributed by atoms with Crippen molar-refractivity contribution in [1.82, 2.24) is 19.3 Å². The van der Waals surface area contributed by atoms with Crippen LogP contribution in [0.2, 0.25) is 25.7 Å². The van der Waals surface area contributed by atoms with Gasteiger partial charge in [0.15, 0.2) is 0 Å². The van der Waals surface area contributed by atoms with Crippen LogP contribution in [-0.4, -0.2) is 34.0 Å². The van der Waals surface area contributed by atoms with Crippen molar-refractivity contribution in [3.05, 3.63) is 36.9 Å². The molecule has 0 saturated carbocycles.